The van der Waals surface area contributed by atoms with Gasteiger partial charge in [-0.25, -0.2) is 0 Å². The van der Waals surface area contributed by atoms with Crippen LogP contribution in [-0.4, -0.2) is 32.2 Å². The van der Waals surface area contributed by atoms with Gasteiger partial charge in [0.2, 0.25) is 0 Å². The fourth-order valence-corrected chi connectivity index (χ4v) is 1.53. The predicted molar refractivity (Wildman–Crippen MR) is 65.2 cm³/mol. The number of hydrogen-bond acceptors (Lipinski definition) is 2. The summed E-state index contributed by atoms with van der Waals surface area (Å²) in [6, 6.07) is -0.239. The van der Waals surface area contributed by atoms with Gasteiger partial charge in [-0.1, -0.05) is 13.8 Å². The first-order valence-corrected chi connectivity index (χ1v) is 5.70. The molecule has 3 heteroatoms. The highest BCUT2D eigenvalue weighted by molar-refractivity contribution is 6.10. The van der Waals surface area contributed by atoms with Gasteiger partial charge in [0.1, 0.15) is 7.85 Å². The first-order chi connectivity index (χ1) is 6.65. The summed E-state index contributed by atoms with van der Waals surface area (Å²) in [7, 11) is 5.64. The molecule has 2 nitrogen and oxygen atoms in total. The molecule has 0 heterocycles. The summed E-state index contributed by atoms with van der Waals surface area (Å²) in [6.07, 6.45) is 0.0547. The maximum Gasteiger partial charge on any atom is 0.108 e. The number of hydrogen-bond donors (Lipinski definition) is 0. The summed E-state index contributed by atoms with van der Waals surface area (Å²) >= 11 is 0. The molecule has 0 aromatic heterocycles. The molecule has 2 atom stereocenters. The lowest BCUT2D eigenvalue weighted by atomic mass is 9.73. The maximum absolute atomic E-state index is 5.78. The minimum atomic E-state index is -0.239. The lowest BCUT2D eigenvalue weighted by Gasteiger charge is -2.45. The highest BCUT2D eigenvalue weighted by Gasteiger charge is 2.42. The van der Waals surface area contributed by atoms with E-state index >= 15 is 0 Å². The monoisotopic (exact) mass is 212 g/mol. The molecule has 0 rings (SSSR count). The third kappa shape index (κ3) is 3.80. The largest absolute Gasteiger partial charge is 0.385 e. The van der Waals surface area contributed by atoms with Crippen molar-refractivity contribution < 1.29 is 9.47 Å². The smallest absolute Gasteiger partial charge is 0.108 e. The molecule has 0 fully saturated rings. The van der Waals surface area contributed by atoms with Crippen LogP contribution < -0.4 is 0 Å². The second-order valence-electron chi connectivity index (χ2n) is 5.15. The van der Waals surface area contributed by atoms with Crippen LogP contribution in [0.4, 0.5) is 0 Å². The molecule has 88 valence electrons. The molecule has 0 bridgehead atoms. The second-order valence-corrected chi connectivity index (χ2v) is 5.15. The van der Waals surface area contributed by atoms with E-state index in [1.54, 1.807) is 0 Å². The van der Waals surface area contributed by atoms with Gasteiger partial charge in [0, 0.05) is 18.0 Å². The Morgan fingerprint density at radius 3 is 1.93 bits per heavy atom. The van der Waals surface area contributed by atoms with Crippen molar-refractivity contribution in [1.82, 2.24) is 0 Å². The maximum atomic E-state index is 5.78. The minimum Gasteiger partial charge on any atom is -0.385 e. The van der Waals surface area contributed by atoms with E-state index in [0.29, 0.717) is 6.61 Å². The zero-order valence-electron chi connectivity index (χ0n) is 11.3. The molecule has 0 spiro atoms. The van der Waals surface area contributed by atoms with E-state index in [4.69, 9.17) is 17.3 Å². The SMILES string of the molecule is [B]C(C)OC(C)C(C)(C)C(C)(C)OCC. The number of ether oxygens (including phenoxy) is 2. The highest BCUT2D eigenvalue weighted by Crippen LogP contribution is 2.38. The average molecular weight is 212 g/mol. The van der Waals surface area contributed by atoms with E-state index in [2.05, 4.69) is 27.7 Å². The zero-order chi connectivity index (χ0) is 12.3. The van der Waals surface area contributed by atoms with Crippen LogP contribution in [-0.2, 0) is 9.47 Å². The lowest BCUT2D eigenvalue weighted by Crippen LogP contribution is -2.50. The van der Waals surface area contributed by atoms with E-state index in [9.17, 15) is 0 Å². The first-order valence-electron chi connectivity index (χ1n) is 5.70. The summed E-state index contributed by atoms with van der Waals surface area (Å²) in [5, 5.41) is 0. The molecule has 15 heavy (non-hydrogen) atoms. The van der Waals surface area contributed by atoms with Crippen molar-refractivity contribution in [2.45, 2.75) is 66.2 Å². The van der Waals surface area contributed by atoms with Crippen molar-refractivity contribution in [2.24, 2.45) is 5.41 Å². The van der Waals surface area contributed by atoms with Crippen LogP contribution in [0.25, 0.3) is 0 Å². The Hall–Kier alpha value is -0.0151. The summed E-state index contributed by atoms with van der Waals surface area (Å²) in [4.78, 5) is 0. The molecule has 2 radical (unpaired) electrons. The molecule has 0 aromatic carbocycles. The van der Waals surface area contributed by atoms with E-state index in [1.807, 2.05) is 20.8 Å². The first kappa shape index (κ1) is 15.0. The van der Waals surface area contributed by atoms with Gasteiger partial charge < -0.3 is 9.47 Å². The molecule has 0 aliphatic heterocycles. The highest BCUT2D eigenvalue weighted by atomic mass is 16.5. The molecular weight excluding hydrogens is 187 g/mol. The molecule has 0 aliphatic rings. The molecule has 0 saturated heterocycles. The van der Waals surface area contributed by atoms with Gasteiger partial charge >= 0.3 is 0 Å². The van der Waals surface area contributed by atoms with Crippen LogP contribution in [0.2, 0.25) is 0 Å². The van der Waals surface area contributed by atoms with Crippen LogP contribution in [0.3, 0.4) is 0 Å². The van der Waals surface area contributed by atoms with Gasteiger partial charge in [-0.15, -0.1) is 0 Å². The predicted octanol–water partition coefficient (Wildman–Crippen LogP) is 2.75. The summed E-state index contributed by atoms with van der Waals surface area (Å²) in [5.74, 6) is 0. The van der Waals surface area contributed by atoms with E-state index in [1.165, 1.54) is 0 Å². The molecule has 2 unspecified atom stereocenters. The summed E-state index contributed by atoms with van der Waals surface area (Å²) in [6.45, 7) is 15.1. The van der Waals surface area contributed by atoms with Crippen LogP contribution in [0, 0.1) is 5.41 Å². The van der Waals surface area contributed by atoms with Crippen molar-refractivity contribution >= 4 is 7.85 Å². The Morgan fingerprint density at radius 2 is 1.60 bits per heavy atom. The fourth-order valence-electron chi connectivity index (χ4n) is 1.53. The summed E-state index contributed by atoms with van der Waals surface area (Å²) < 4.78 is 11.4. The van der Waals surface area contributed by atoms with E-state index < -0.39 is 0 Å². The Kier molecular flexibility index (Phi) is 5.35. The Balaban J connectivity index is 4.63. The van der Waals surface area contributed by atoms with Crippen LogP contribution in [0.15, 0.2) is 0 Å². The number of rotatable bonds is 6. The van der Waals surface area contributed by atoms with Crippen molar-refractivity contribution in [3.63, 3.8) is 0 Å². The van der Waals surface area contributed by atoms with Crippen molar-refractivity contribution in [1.29, 1.82) is 0 Å². The average Bonchev–Trinajstić information content (AvgIpc) is 2.02. The van der Waals surface area contributed by atoms with Gasteiger partial charge in [-0.3, -0.25) is 0 Å². The quantitative estimate of drug-likeness (QED) is 0.630. The van der Waals surface area contributed by atoms with Gasteiger partial charge in [-0.05, 0) is 34.6 Å². The molecule has 0 aliphatic carbocycles. The molecular formula is C12H25BO2. The topological polar surface area (TPSA) is 18.5 Å². The van der Waals surface area contributed by atoms with E-state index in [0.717, 1.165) is 0 Å². The second kappa shape index (κ2) is 5.35. The Labute approximate surface area is 96.1 Å². The zero-order valence-corrected chi connectivity index (χ0v) is 11.3. The Morgan fingerprint density at radius 1 is 1.13 bits per heavy atom. The standard InChI is InChI=1S/C12H25BO2/c1-8-14-12(6,7)11(4,5)9(2)15-10(3)13/h9-10H,8H2,1-7H3. The minimum absolute atomic E-state index is 0.0547. The van der Waals surface area contributed by atoms with Gasteiger partial charge in [0.25, 0.3) is 0 Å². The van der Waals surface area contributed by atoms with Crippen molar-refractivity contribution in [2.75, 3.05) is 6.61 Å². The molecule has 0 aromatic rings. The van der Waals surface area contributed by atoms with Crippen LogP contribution in [0.5, 0.6) is 0 Å². The van der Waals surface area contributed by atoms with Gasteiger partial charge in [0.05, 0.1) is 11.7 Å². The van der Waals surface area contributed by atoms with Crippen LogP contribution in [0.1, 0.15) is 48.5 Å². The van der Waals surface area contributed by atoms with Gasteiger partial charge in [-0.2, -0.15) is 0 Å². The van der Waals surface area contributed by atoms with E-state index in [-0.39, 0.29) is 23.1 Å². The third-order valence-corrected chi connectivity index (χ3v) is 3.49. The van der Waals surface area contributed by atoms with Crippen LogP contribution >= 0.6 is 0 Å². The van der Waals surface area contributed by atoms with Gasteiger partial charge in [0.15, 0.2) is 0 Å². The lowest BCUT2D eigenvalue weighted by molar-refractivity contribution is -0.153. The third-order valence-electron chi connectivity index (χ3n) is 3.49. The summed E-state index contributed by atoms with van der Waals surface area (Å²) in [5.41, 5.74) is -0.313. The Bertz CT molecular complexity index is 188. The fraction of sp³-hybridized carbons (Fsp3) is 1.00. The molecule has 0 N–H and O–H groups in total. The normalized spacial score (nSPS) is 17.5. The molecule has 0 amide bonds. The van der Waals surface area contributed by atoms with Crippen molar-refractivity contribution in [3.8, 4) is 0 Å². The van der Waals surface area contributed by atoms with Crippen molar-refractivity contribution in [3.05, 3.63) is 0 Å². The molecule has 0 saturated carbocycles.